The highest BCUT2D eigenvalue weighted by atomic mass is 127. The van der Waals surface area contributed by atoms with Gasteiger partial charge in [0.2, 0.25) is 0 Å². The van der Waals surface area contributed by atoms with Gasteiger partial charge in [-0.15, -0.1) is 24.0 Å². The topological polar surface area (TPSA) is 48.9 Å². The molecule has 0 bridgehead atoms. The molecular weight excluding hydrogens is 375 g/mol. The van der Waals surface area contributed by atoms with E-state index in [9.17, 15) is 0 Å². The first kappa shape index (κ1) is 19.3. The molecule has 0 saturated carbocycles. The van der Waals surface area contributed by atoms with Gasteiger partial charge in [0.15, 0.2) is 5.96 Å². The molecule has 2 N–H and O–H groups in total. The van der Waals surface area contributed by atoms with Gasteiger partial charge in [-0.05, 0) is 13.2 Å². The zero-order valence-electron chi connectivity index (χ0n) is 12.0. The molecule has 1 fully saturated rings. The average molecular weight is 402 g/mol. The van der Waals surface area contributed by atoms with Crippen molar-refractivity contribution in [1.29, 1.82) is 0 Å². The second-order valence-electron chi connectivity index (χ2n) is 4.13. The lowest BCUT2D eigenvalue weighted by atomic mass is 10.4. The van der Waals surface area contributed by atoms with Gasteiger partial charge in [0.25, 0.3) is 0 Å². The van der Waals surface area contributed by atoms with Crippen molar-refractivity contribution in [3.8, 4) is 0 Å². The summed E-state index contributed by atoms with van der Waals surface area (Å²) in [4.78, 5) is 6.98. The second-order valence-corrected chi connectivity index (χ2v) is 5.12. The van der Waals surface area contributed by atoms with Crippen LogP contribution < -0.4 is 10.6 Å². The fourth-order valence-corrected chi connectivity index (χ4v) is 2.05. The Morgan fingerprint density at radius 3 is 2.68 bits per heavy atom. The SMILES string of the molecule is CCNC(=NCCN1CCOCC1)NCCSC.I. The van der Waals surface area contributed by atoms with Crippen molar-refractivity contribution >= 4 is 41.7 Å². The van der Waals surface area contributed by atoms with Crippen LogP contribution in [0.15, 0.2) is 4.99 Å². The van der Waals surface area contributed by atoms with Crippen molar-refractivity contribution < 1.29 is 4.74 Å². The largest absolute Gasteiger partial charge is 0.379 e. The Morgan fingerprint density at radius 1 is 1.32 bits per heavy atom. The van der Waals surface area contributed by atoms with Crippen molar-refractivity contribution in [2.75, 3.05) is 64.5 Å². The normalized spacial score (nSPS) is 16.8. The molecule has 0 aromatic carbocycles. The van der Waals surface area contributed by atoms with E-state index in [1.54, 1.807) is 0 Å². The van der Waals surface area contributed by atoms with Gasteiger partial charge >= 0.3 is 0 Å². The molecule has 1 heterocycles. The molecule has 7 heteroatoms. The molecule has 1 aliphatic rings. The molecule has 0 amide bonds. The summed E-state index contributed by atoms with van der Waals surface area (Å²) in [5, 5.41) is 6.60. The summed E-state index contributed by atoms with van der Waals surface area (Å²) < 4.78 is 5.33. The van der Waals surface area contributed by atoms with Crippen molar-refractivity contribution in [2.45, 2.75) is 6.92 Å². The van der Waals surface area contributed by atoms with Crippen molar-refractivity contribution in [1.82, 2.24) is 15.5 Å². The van der Waals surface area contributed by atoms with Gasteiger partial charge in [-0.3, -0.25) is 9.89 Å². The van der Waals surface area contributed by atoms with E-state index in [2.05, 4.69) is 33.7 Å². The van der Waals surface area contributed by atoms with Crippen LogP contribution in [-0.4, -0.2) is 75.4 Å². The number of rotatable bonds is 7. The van der Waals surface area contributed by atoms with Gasteiger partial charge in [0.1, 0.15) is 0 Å². The summed E-state index contributed by atoms with van der Waals surface area (Å²) >= 11 is 1.84. The summed E-state index contributed by atoms with van der Waals surface area (Å²) in [5.41, 5.74) is 0. The number of thioether (sulfide) groups is 1. The number of hydrogen-bond acceptors (Lipinski definition) is 4. The number of morpholine rings is 1. The smallest absolute Gasteiger partial charge is 0.191 e. The van der Waals surface area contributed by atoms with Gasteiger partial charge < -0.3 is 15.4 Å². The maximum atomic E-state index is 5.33. The summed E-state index contributed by atoms with van der Waals surface area (Å²) in [6, 6.07) is 0. The summed E-state index contributed by atoms with van der Waals surface area (Å²) in [5.74, 6) is 2.04. The zero-order chi connectivity index (χ0) is 13.1. The quantitative estimate of drug-likeness (QED) is 0.286. The molecule has 1 rings (SSSR count). The molecule has 1 aliphatic heterocycles. The Hall–Kier alpha value is 0.270. The Labute approximate surface area is 138 Å². The standard InChI is InChI=1S/C12H26N4OS.HI/c1-3-13-12(15-5-11-18-2)14-4-6-16-7-9-17-10-8-16;/h3-11H2,1-2H3,(H2,13,14,15);1H. The Bertz CT molecular complexity index is 238. The third kappa shape index (κ3) is 9.75. The number of hydrogen-bond donors (Lipinski definition) is 2. The maximum Gasteiger partial charge on any atom is 0.191 e. The van der Waals surface area contributed by atoms with Crippen LogP contribution in [0.4, 0.5) is 0 Å². The molecule has 0 atom stereocenters. The molecule has 0 aromatic rings. The highest BCUT2D eigenvalue weighted by Gasteiger charge is 2.08. The Balaban J connectivity index is 0.00000324. The van der Waals surface area contributed by atoms with E-state index in [4.69, 9.17) is 4.74 Å². The van der Waals surface area contributed by atoms with E-state index >= 15 is 0 Å². The minimum absolute atomic E-state index is 0. The van der Waals surface area contributed by atoms with E-state index in [-0.39, 0.29) is 24.0 Å². The number of halogens is 1. The maximum absolute atomic E-state index is 5.33. The summed E-state index contributed by atoms with van der Waals surface area (Å²) in [6.45, 7) is 9.60. The van der Waals surface area contributed by atoms with E-state index in [1.807, 2.05) is 11.8 Å². The van der Waals surface area contributed by atoms with Crippen LogP contribution in [0.5, 0.6) is 0 Å². The Morgan fingerprint density at radius 2 is 2.05 bits per heavy atom. The monoisotopic (exact) mass is 402 g/mol. The van der Waals surface area contributed by atoms with Crippen molar-refractivity contribution in [2.24, 2.45) is 4.99 Å². The first-order chi connectivity index (χ1) is 8.86. The molecule has 5 nitrogen and oxygen atoms in total. The van der Waals surface area contributed by atoms with E-state index in [1.165, 1.54) is 0 Å². The third-order valence-corrected chi connectivity index (χ3v) is 3.35. The Kier molecular flexibility index (Phi) is 13.5. The van der Waals surface area contributed by atoms with Gasteiger partial charge in [0, 0.05) is 38.5 Å². The predicted molar refractivity (Wildman–Crippen MR) is 95.0 cm³/mol. The van der Waals surface area contributed by atoms with Crippen LogP contribution in [0.1, 0.15) is 6.92 Å². The van der Waals surface area contributed by atoms with Gasteiger partial charge in [0.05, 0.1) is 19.8 Å². The first-order valence-corrected chi connectivity index (χ1v) is 8.07. The number of guanidine groups is 1. The van der Waals surface area contributed by atoms with E-state index < -0.39 is 0 Å². The highest BCUT2D eigenvalue weighted by molar-refractivity contribution is 14.0. The zero-order valence-corrected chi connectivity index (χ0v) is 15.1. The molecule has 0 unspecified atom stereocenters. The van der Waals surface area contributed by atoms with Crippen LogP contribution >= 0.6 is 35.7 Å². The molecule has 1 saturated heterocycles. The molecule has 0 radical (unpaired) electrons. The average Bonchev–Trinajstić information content (AvgIpc) is 2.40. The number of ether oxygens (including phenoxy) is 1. The van der Waals surface area contributed by atoms with Crippen LogP contribution in [0.2, 0.25) is 0 Å². The van der Waals surface area contributed by atoms with Crippen LogP contribution in [0, 0.1) is 0 Å². The van der Waals surface area contributed by atoms with Crippen LogP contribution in [0.25, 0.3) is 0 Å². The van der Waals surface area contributed by atoms with E-state index in [0.717, 1.165) is 64.2 Å². The number of nitrogens with one attached hydrogen (secondary N) is 2. The van der Waals surface area contributed by atoms with Crippen LogP contribution in [-0.2, 0) is 4.74 Å². The van der Waals surface area contributed by atoms with E-state index in [0.29, 0.717) is 0 Å². The minimum Gasteiger partial charge on any atom is -0.379 e. The number of nitrogens with zero attached hydrogens (tertiary/aromatic N) is 2. The molecule has 19 heavy (non-hydrogen) atoms. The lowest BCUT2D eigenvalue weighted by Crippen LogP contribution is -2.40. The predicted octanol–water partition coefficient (Wildman–Crippen LogP) is 0.855. The molecule has 114 valence electrons. The lowest BCUT2D eigenvalue weighted by Gasteiger charge is -2.25. The molecule has 0 aliphatic carbocycles. The van der Waals surface area contributed by atoms with Crippen molar-refractivity contribution in [3.05, 3.63) is 0 Å². The lowest BCUT2D eigenvalue weighted by molar-refractivity contribution is 0.0394. The van der Waals surface area contributed by atoms with Gasteiger partial charge in [-0.25, -0.2) is 0 Å². The fourth-order valence-electron chi connectivity index (χ4n) is 1.74. The first-order valence-electron chi connectivity index (χ1n) is 6.68. The van der Waals surface area contributed by atoms with Crippen molar-refractivity contribution in [3.63, 3.8) is 0 Å². The highest BCUT2D eigenvalue weighted by Crippen LogP contribution is 1.95. The molecule has 0 spiro atoms. The van der Waals surface area contributed by atoms with Crippen LogP contribution in [0.3, 0.4) is 0 Å². The molecular formula is C12H27IN4OS. The van der Waals surface area contributed by atoms with Gasteiger partial charge in [-0.2, -0.15) is 11.8 Å². The third-order valence-electron chi connectivity index (χ3n) is 2.73. The summed E-state index contributed by atoms with van der Waals surface area (Å²) in [6.07, 6.45) is 2.12. The fraction of sp³-hybridized carbons (Fsp3) is 0.917. The second kappa shape index (κ2) is 13.3. The molecule has 0 aromatic heterocycles. The van der Waals surface area contributed by atoms with Gasteiger partial charge in [-0.1, -0.05) is 0 Å². The number of aliphatic imine (C=N–C) groups is 1. The summed E-state index contributed by atoms with van der Waals surface area (Å²) in [7, 11) is 0. The minimum atomic E-state index is 0.